The summed E-state index contributed by atoms with van der Waals surface area (Å²) in [6, 6.07) is 6.56. The number of carbonyl (C=O) groups is 2. The van der Waals surface area contributed by atoms with Gasteiger partial charge >= 0.3 is 5.97 Å². The van der Waals surface area contributed by atoms with E-state index in [-0.39, 0.29) is 11.7 Å². The summed E-state index contributed by atoms with van der Waals surface area (Å²) in [6.45, 7) is 0. The van der Waals surface area contributed by atoms with Crippen molar-refractivity contribution in [3.05, 3.63) is 46.6 Å². The number of ether oxygens (including phenoxy) is 1. The molecular weight excluding hydrogens is 434 g/mol. The highest BCUT2D eigenvalue weighted by atomic mass is 32.2. The van der Waals surface area contributed by atoms with Gasteiger partial charge in [0.2, 0.25) is 5.91 Å². The molecule has 0 saturated heterocycles. The second-order valence-electron chi connectivity index (χ2n) is 7.22. The molecule has 31 heavy (non-hydrogen) atoms. The highest BCUT2D eigenvalue weighted by Crippen LogP contribution is 2.37. The Morgan fingerprint density at radius 1 is 1.19 bits per heavy atom. The van der Waals surface area contributed by atoms with Crippen LogP contribution in [0.15, 0.2) is 35.7 Å². The molecule has 0 fully saturated rings. The molecule has 8 nitrogen and oxygen atoms in total. The average molecular weight is 454 g/mol. The minimum Gasteiger partial charge on any atom is -0.465 e. The maximum Gasteiger partial charge on any atom is 0.337 e. The number of nitrogens with zero attached hydrogens (tertiary/aromatic N) is 4. The van der Waals surface area contributed by atoms with Crippen LogP contribution in [0.3, 0.4) is 0 Å². The van der Waals surface area contributed by atoms with Crippen molar-refractivity contribution in [3.63, 3.8) is 0 Å². The first kappa shape index (κ1) is 20.0. The van der Waals surface area contributed by atoms with Crippen LogP contribution in [0.4, 0.5) is 5.69 Å². The summed E-state index contributed by atoms with van der Waals surface area (Å²) in [7, 11) is 1.33. The molecule has 1 N–H and O–H groups in total. The summed E-state index contributed by atoms with van der Waals surface area (Å²) < 4.78 is 6.54. The zero-order valence-electron chi connectivity index (χ0n) is 16.8. The number of aryl methyl sites for hydroxylation is 2. The van der Waals surface area contributed by atoms with E-state index in [1.54, 1.807) is 41.9 Å². The number of thioether (sulfide) groups is 1. The quantitative estimate of drug-likeness (QED) is 0.363. The minimum atomic E-state index is -0.415. The van der Waals surface area contributed by atoms with Crippen molar-refractivity contribution in [2.45, 2.75) is 30.8 Å². The molecule has 0 atom stereocenters. The van der Waals surface area contributed by atoms with E-state index in [2.05, 4.69) is 25.2 Å². The van der Waals surface area contributed by atoms with Gasteiger partial charge in [-0.15, -0.1) is 21.5 Å². The van der Waals surface area contributed by atoms with Gasteiger partial charge in [-0.3, -0.25) is 9.20 Å². The third-order valence-electron chi connectivity index (χ3n) is 5.25. The van der Waals surface area contributed by atoms with E-state index >= 15 is 0 Å². The largest absolute Gasteiger partial charge is 0.465 e. The number of carbonyl (C=O) groups excluding carboxylic acids is 2. The van der Waals surface area contributed by atoms with Gasteiger partial charge in [0.1, 0.15) is 11.2 Å². The number of anilines is 1. The van der Waals surface area contributed by atoms with Crippen molar-refractivity contribution >= 4 is 56.5 Å². The molecule has 1 amide bonds. The van der Waals surface area contributed by atoms with Gasteiger partial charge in [-0.05, 0) is 55.5 Å². The molecule has 3 heterocycles. The van der Waals surface area contributed by atoms with Crippen LogP contribution in [0.25, 0.3) is 15.9 Å². The van der Waals surface area contributed by atoms with Crippen LogP contribution in [0.2, 0.25) is 0 Å². The maximum atomic E-state index is 12.4. The predicted octanol–water partition coefficient (Wildman–Crippen LogP) is 3.74. The summed E-state index contributed by atoms with van der Waals surface area (Å²) in [5.74, 6) is -0.407. The van der Waals surface area contributed by atoms with Gasteiger partial charge < -0.3 is 10.1 Å². The molecule has 0 unspecified atom stereocenters. The fraction of sp³-hybridized carbons (Fsp3) is 0.286. The fourth-order valence-electron chi connectivity index (χ4n) is 3.77. The first-order valence-electron chi connectivity index (χ1n) is 9.89. The van der Waals surface area contributed by atoms with Crippen molar-refractivity contribution < 1.29 is 14.3 Å². The van der Waals surface area contributed by atoms with Crippen LogP contribution in [0, 0.1) is 0 Å². The number of methoxy groups -OCH3 is 1. The highest BCUT2D eigenvalue weighted by Gasteiger charge is 2.21. The van der Waals surface area contributed by atoms with Crippen molar-refractivity contribution in [2.75, 3.05) is 18.2 Å². The van der Waals surface area contributed by atoms with E-state index in [0.717, 1.165) is 28.7 Å². The standard InChI is InChI=1S/C21H19N5O3S2/c1-29-20(28)12-6-8-13(9-7-12)23-16(27)10-30-21-25-24-18-17-14-4-2-3-5-15(14)31-19(17)22-11-26(18)21/h6-9,11H,2-5,10H2,1H3,(H,23,27). The van der Waals surface area contributed by atoms with Gasteiger partial charge in [-0.1, -0.05) is 11.8 Å². The molecule has 3 aromatic heterocycles. The average Bonchev–Trinajstić information content (AvgIpc) is 3.38. The second-order valence-corrected chi connectivity index (χ2v) is 9.24. The first-order chi connectivity index (χ1) is 15.1. The van der Waals surface area contributed by atoms with E-state index in [1.807, 2.05) is 4.40 Å². The summed E-state index contributed by atoms with van der Waals surface area (Å²) in [5.41, 5.74) is 3.21. The lowest BCUT2D eigenvalue weighted by atomic mass is 9.97. The van der Waals surface area contributed by atoms with Crippen LogP contribution in [0.5, 0.6) is 0 Å². The zero-order valence-corrected chi connectivity index (χ0v) is 18.4. The monoisotopic (exact) mass is 453 g/mol. The number of thiophene rings is 1. The number of aromatic nitrogens is 4. The van der Waals surface area contributed by atoms with Gasteiger partial charge in [0.25, 0.3) is 0 Å². The molecule has 158 valence electrons. The number of hydrogen-bond donors (Lipinski definition) is 1. The molecule has 0 saturated carbocycles. The van der Waals surface area contributed by atoms with Gasteiger partial charge in [-0.25, -0.2) is 9.78 Å². The highest BCUT2D eigenvalue weighted by molar-refractivity contribution is 7.99. The summed E-state index contributed by atoms with van der Waals surface area (Å²) in [6.07, 6.45) is 6.33. The van der Waals surface area contributed by atoms with E-state index < -0.39 is 5.97 Å². The first-order valence-corrected chi connectivity index (χ1v) is 11.7. The predicted molar refractivity (Wildman–Crippen MR) is 120 cm³/mol. The second kappa shape index (κ2) is 8.27. The van der Waals surface area contributed by atoms with Crippen LogP contribution in [0.1, 0.15) is 33.6 Å². The number of hydrogen-bond acceptors (Lipinski definition) is 8. The molecule has 1 aliphatic carbocycles. The number of amides is 1. The van der Waals surface area contributed by atoms with Crippen molar-refractivity contribution in [3.8, 4) is 0 Å². The van der Waals surface area contributed by atoms with Crippen LogP contribution >= 0.6 is 23.1 Å². The molecule has 0 aliphatic heterocycles. The molecule has 1 aliphatic rings. The van der Waals surface area contributed by atoms with Gasteiger partial charge in [0.05, 0.1) is 23.8 Å². The molecule has 0 radical (unpaired) electrons. The Kier molecular flexibility index (Phi) is 5.33. The fourth-order valence-corrected chi connectivity index (χ4v) is 5.69. The number of esters is 1. The Hall–Kier alpha value is -2.98. The van der Waals surface area contributed by atoms with Gasteiger partial charge in [-0.2, -0.15) is 0 Å². The molecule has 4 aromatic rings. The summed E-state index contributed by atoms with van der Waals surface area (Å²) >= 11 is 3.07. The van der Waals surface area contributed by atoms with Crippen LogP contribution in [-0.2, 0) is 22.4 Å². The Bertz CT molecular complexity index is 1300. The van der Waals surface area contributed by atoms with Crippen LogP contribution < -0.4 is 5.32 Å². The SMILES string of the molecule is COC(=O)c1ccc(NC(=O)CSc2nnc3c4c5c(sc4ncn23)CCCC5)cc1. The molecule has 0 spiro atoms. The molecule has 10 heteroatoms. The Balaban J connectivity index is 1.30. The Morgan fingerprint density at radius 2 is 2.00 bits per heavy atom. The molecule has 0 bridgehead atoms. The molecule has 1 aromatic carbocycles. The topological polar surface area (TPSA) is 98.5 Å². The summed E-state index contributed by atoms with van der Waals surface area (Å²) in [4.78, 5) is 30.9. The Labute approximate surface area is 186 Å². The van der Waals surface area contributed by atoms with Crippen molar-refractivity contribution in [1.82, 2.24) is 19.6 Å². The van der Waals surface area contributed by atoms with Gasteiger partial charge in [0, 0.05) is 10.6 Å². The minimum absolute atomic E-state index is 0.172. The van der Waals surface area contributed by atoms with E-state index in [4.69, 9.17) is 0 Å². The molecular formula is C21H19N5O3S2. The van der Waals surface area contributed by atoms with Crippen molar-refractivity contribution in [2.24, 2.45) is 0 Å². The molecule has 5 rings (SSSR count). The zero-order chi connectivity index (χ0) is 21.4. The van der Waals surface area contributed by atoms with E-state index in [9.17, 15) is 9.59 Å². The van der Waals surface area contributed by atoms with Crippen molar-refractivity contribution in [1.29, 1.82) is 0 Å². The number of benzene rings is 1. The number of nitrogens with one attached hydrogen (secondary N) is 1. The lowest BCUT2D eigenvalue weighted by Gasteiger charge is -2.10. The van der Waals surface area contributed by atoms with E-state index in [1.165, 1.54) is 42.2 Å². The third kappa shape index (κ3) is 3.77. The smallest absolute Gasteiger partial charge is 0.337 e. The lowest BCUT2D eigenvalue weighted by Crippen LogP contribution is -2.14. The summed E-state index contributed by atoms with van der Waals surface area (Å²) in [5, 5.41) is 13.3. The van der Waals surface area contributed by atoms with Gasteiger partial charge in [0.15, 0.2) is 10.8 Å². The maximum absolute atomic E-state index is 12.4. The normalized spacial score (nSPS) is 13.3. The number of rotatable bonds is 5. The number of fused-ring (bicyclic) bond motifs is 5. The van der Waals surface area contributed by atoms with E-state index in [0.29, 0.717) is 16.4 Å². The Morgan fingerprint density at radius 3 is 2.81 bits per heavy atom. The van der Waals surface area contributed by atoms with Crippen LogP contribution in [-0.4, -0.2) is 44.3 Å². The lowest BCUT2D eigenvalue weighted by molar-refractivity contribution is -0.113. The third-order valence-corrected chi connectivity index (χ3v) is 7.40.